The second-order valence-electron chi connectivity index (χ2n) is 24.9. The minimum Gasteiger partial charge on any atom is -0.504 e. The summed E-state index contributed by atoms with van der Waals surface area (Å²) in [6.07, 6.45) is 15.9. The molecular formula is C59H69Cl2N5O7. The van der Waals surface area contributed by atoms with Crippen molar-refractivity contribution in [2.24, 2.45) is 11.8 Å². The van der Waals surface area contributed by atoms with E-state index in [-0.39, 0.29) is 29.5 Å². The summed E-state index contributed by atoms with van der Waals surface area (Å²) < 4.78 is 13.9. The van der Waals surface area contributed by atoms with E-state index in [4.69, 9.17) is 32.7 Å². The molecule has 7 unspecified atom stereocenters. The Bertz CT molecular complexity index is 2830. The van der Waals surface area contributed by atoms with Gasteiger partial charge in [0.15, 0.2) is 35.2 Å². The van der Waals surface area contributed by atoms with E-state index in [0.717, 1.165) is 97.5 Å². The number of phenols is 2. The molecule has 386 valence electrons. The van der Waals surface area contributed by atoms with Gasteiger partial charge in [-0.05, 0) is 167 Å². The highest BCUT2D eigenvalue weighted by molar-refractivity contribution is 6.42. The summed E-state index contributed by atoms with van der Waals surface area (Å²) >= 11 is 12.0. The fourth-order valence-electron chi connectivity index (χ4n) is 17.5. The number of carbonyl (C=O) groups excluding carboxylic acids is 1. The summed E-state index contributed by atoms with van der Waals surface area (Å²) in [5.74, 6) is 2.94. The Morgan fingerprint density at radius 2 is 1.23 bits per heavy atom. The molecule has 1 aromatic heterocycles. The molecule has 12 aliphatic rings. The molecule has 2 spiro atoms. The number of benzene rings is 3. The predicted octanol–water partition coefficient (Wildman–Crippen LogP) is 8.23. The van der Waals surface area contributed by atoms with Gasteiger partial charge in [0.1, 0.15) is 0 Å². The van der Waals surface area contributed by atoms with E-state index in [1.807, 2.05) is 18.0 Å². The third kappa shape index (κ3) is 6.41. The number of rotatable bonds is 8. The molecule has 1 amide bonds. The smallest absolute Gasteiger partial charge is 0.227 e. The number of halogens is 2. The highest BCUT2D eigenvalue weighted by atomic mass is 35.5. The summed E-state index contributed by atoms with van der Waals surface area (Å²) in [5, 5.41) is 50.5. The molecular weight excluding hydrogens is 962 g/mol. The SMILES string of the molecule is CN(C(=O)Cc1ccc(Cl)c(Cl)c1)C1CCCCC1N1CCCC1.Oc1ccc2c3c1OC1c4[nH]c5c(c4C[C@@]4(O)C(C2)N(CC2CC2)CCC314)C[C@@]1(O)[C@H]2Cc3ccc(O)c4c3C1(CCN2CC1CC1)C5O4. The van der Waals surface area contributed by atoms with Gasteiger partial charge in [-0.25, -0.2) is 0 Å². The van der Waals surface area contributed by atoms with Crippen LogP contribution in [0.15, 0.2) is 42.5 Å². The molecule has 4 bridgehead atoms. The summed E-state index contributed by atoms with van der Waals surface area (Å²) in [6.45, 7) is 6.23. The number of ether oxygens (including phenoxy) is 2. The number of piperidine rings is 2. The summed E-state index contributed by atoms with van der Waals surface area (Å²) in [7, 11) is 1.97. The Morgan fingerprint density at radius 1 is 0.699 bits per heavy atom. The van der Waals surface area contributed by atoms with Crippen molar-refractivity contribution < 1.29 is 34.7 Å². The zero-order valence-electron chi connectivity index (χ0n) is 42.0. The Morgan fingerprint density at radius 3 is 1.75 bits per heavy atom. The van der Waals surface area contributed by atoms with Crippen LogP contribution >= 0.6 is 23.2 Å². The van der Waals surface area contributed by atoms with Crippen LogP contribution in [0.1, 0.15) is 140 Å². The molecule has 10 atom stereocenters. The molecule has 3 aromatic carbocycles. The number of aromatic hydroxyl groups is 2. The maximum Gasteiger partial charge on any atom is 0.227 e. The number of aliphatic hydroxyl groups is 2. The monoisotopic (exact) mass is 1030 g/mol. The molecule has 5 aliphatic heterocycles. The summed E-state index contributed by atoms with van der Waals surface area (Å²) in [6, 6.07) is 13.9. The van der Waals surface area contributed by atoms with Crippen LogP contribution in [0.2, 0.25) is 10.0 Å². The quantitative estimate of drug-likeness (QED) is 0.117. The number of likely N-dealkylation sites (N-methyl/N-ethyl adjacent to an activating group) is 1. The number of hydrogen-bond acceptors (Lipinski definition) is 10. The lowest BCUT2D eigenvalue weighted by molar-refractivity contribution is -0.176. The van der Waals surface area contributed by atoms with Crippen LogP contribution in [0.25, 0.3) is 0 Å². The van der Waals surface area contributed by atoms with Crippen LogP contribution in [0.4, 0.5) is 0 Å². The highest BCUT2D eigenvalue weighted by Gasteiger charge is 2.76. The maximum atomic E-state index is 13.5. The van der Waals surface area contributed by atoms with Crippen molar-refractivity contribution in [1.29, 1.82) is 0 Å². The van der Waals surface area contributed by atoms with Gasteiger partial charge in [-0.1, -0.05) is 54.2 Å². The van der Waals surface area contributed by atoms with E-state index < -0.39 is 34.2 Å². The van der Waals surface area contributed by atoms with Gasteiger partial charge in [0.05, 0.1) is 49.9 Å². The fourth-order valence-corrected chi connectivity index (χ4v) is 17.8. The molecule has 3 saturated carbocycles. The summed E-state index contributed by atoms with van der Waals surface area (Å²) in [5.41, 5.74) is 5.86. The van der Waals surface area contributed by atoms with E-state index in [1.165, 1.54) is 82.0 Å². The van der Waals surface area contributed by atoms with Crippen molar-refractivity contribution in [1.82, 2.24) is 24.6 Å². The minimum absolute atomic E-state index is 0.0535. The highest BCUT2D eigenvalue weighted by Crippen LogP contribution is 2.73. The first-order chi connectivity index (χ1) is 35.3. The number of hydrogen-bond donors (Lipinski definition) is 5. The second kappa shape index (κ2) is 16.3. The number of H-pyrrole nitrogens is 1. The molecule has 6 fully saturated rings. The van der Waals surface area contributed by atoms with Gasteiger partial charge in [0, 0.05) is 68.3 Å². The van der Waals surface area contributed by atoms with Crippen LogP contribution in [0.5, 0.6) is 23.0 Å². The molecule has 0 radical (unpaired) electrons. The normalized spacial score (nSPS) is 36.0. The fraction of sp³-hybridized carbons (Fsp3) is 0.610. The average Bonchev–Trinajstić information content (AvgIpc) is 4.20. The lowest BCUT2D eigenvalue weighted by Gasteiger charge is -2.63. The van der Waals surface area contributed by atoms with Gasteiger partial charge < -0.3 is 39.8 Å². The number of likely N-dealkylation sites (tertiary alicyclic amines) is 3. The van der Waals surface area contributed by atoms with Gasteiger partial charge >= 0.3 is 0 Å². The molecule has 12 nitrogen and oxygen atoms in total. The number of nitrogens with zero attached hydrogens (tertiary/aromatic N) is 4. The molecule has 7 aliphatic carbocycles. The average molecular weight is 1030 g/mol. The second-order valence-corrected chi connectivity index (χ2v) is 25.7. The molecule has 73 heavy (non-hydrogen) atoms. The maximum absolute atomic E-state index is 13.5. The van der Waals surface area contributed by atoms with Crippen molar-refractivity contribution in [2.75, 3.05) is 46.3 Å². The molecule has 14 heteroatoms. The van der Waals surface area contributed by atoms with Crippen LogP contribution in [-0.2, 0) is 47.7 Å². The third-order valence-corrected chi connectivity index (χ3v) is 22.0. The number of aromatic nitrogens is 1. The van der Waals surface area contributed by atoms with E-state index >= 15 is 0 Å². The van der Waals surface area contributed by atoms with Gasteiger partial charge in [-0.15, -0.1) is 0 Å². The number of carbonyl (C=O) groups is 1. The molecule has 5 N–H and O–H groups in total. The van der Waals surface area contributed by atoms with Crippen molar-refractivity contribution in [3.05, 3.63) is 103 Å². The van der Waals surface area contributed by atoms with E-state index in [0.29, 0.717) is 64.7 Å². The first kappa shape index (κ1) is 46.3. The lowest BCUT2D eigenvalue weighted by Crippen LogP contribution is -2.75. The molecule has 4 aromatic rings. The van der Waals surface area contributed by atoms with Crippen LogP contribution in [0, 0.1) is 11.8 Å². The van der Waals surface area contributed by atoms with Gasteiger partial charge in [0.25, 0.3) is 0 Å². The Balaban J connectivity index is 0.000000167. The van der Waals surface area contributed by atoms with Gasteiger partial charge in [-0.2, -0.15) is 0 Å². The van der Waals surface area contributed by atoms with Gasteiger partial charge in [0.2, 0.25) is 5.91 Å². The van der Waals surface area contributed by atoms with Crippen molar-refractivity contribution in [3.63, 3.8) is 0 Å². The first-order valence-electron chi connectivity index (χ1n) is 27.9. The number of nitrogens with one attached hydrogen (secondary N) is 1. The first-order valence-corrected chi connectivity index (χ1v) is 28.7. The number of phenolic OH excluding ortho intramolecular Hbond substituents is 2. The molecule has 16 rings (SSSR count). The Labute approximate surface area is 437 Å². The van der Waals surface area contributed by atoms with Crippen LogP contribution in [-0.4, -0.2) is 133 Å². The largest absolute Gasteiger partial charge is 0.504 e. The number of fused-ring (bicyclic) bond motifs is 5. The van der Waals surface area contributed by atoms with Crippen LogP contribution < -0.4 is 9.47 Å². The summed E-state index contributed by atoms with van der Waals surface area (Å²) in [4.78, 5) is 26.4. The van der Waals surface area contributed by atoms with Crippen LogP contribution in [0.3, 0.4) is 0 Å². The van der Waals surface area contributed by atoms with Crippen molar-refractivity contribution in [3.8, 4) is 23.0 Å². The molecule has 6 heterocycles. The van der Waals surface area contributed by atoms with E-state index in [1.54, 1.807) is 24.3 Å². The van der Waals surface area contributed by atoms with Crippen molar-refractivity contribution >= 4 is 29.1 Å². The van der Waals surface area contributed by atoms with E-state index in [2.05, 4.69) is 31.8 Å². The standard InChI is InChI=1S/C40H43N3O6.C19H26Cl2N2O/c44-25-7-5-21-13-27-39(46)15-23-24-16-40(47)28-14-22-6-8-26(45)34-30(22)38(40,10-12-43(28)18-20-3-4-20)36(49-34)32(24)41-31(23)35-37(39,29(21)33(25)48-35)9-11-42(27)17-19-1-2-19;1-22(19(24)13-14-8-9-15(20)16(21)12-14)17-6-2-3-7-18(17)23-10-4-5-11-23/h5-8,19-20,27-28,35-36,41,44-47H,1-4,9-18H2;8-9,12,17-18H,2-7,10-11,13H2,1H3/t27-,28?,35?,36?,37?,38?,39-,40-;/m1./s1. The minimum atomic E-state index is -1.09. The Hall–Kier alpha value is -4.01. The topological polar surface area (TPSA) is 145 Å². The zero-order valence-corrected chi connectivity index (χ0v) is 43.5. The number of aromatic amines is 1. The zero-order chi connectivity index (χ0) is 49.5. The third-order valence-electron chi connectivity index (χ3n) is 21.3. The Kier molecular flexibility index (Phi) is 10.3. The predicted molar refractivity (Wildman–Crippen MR) is 277 cm³/mol. The van der Waals surface area contributed by atoms with Crippen molar-refractivity contribution in [2.45, 2.75) is 168 Å². The number of amides is 1. The van der Waals surface area contributed by atoms with E-state index in [9.17, 15) is 25.2 Å². The van der Waals surface area contributed by atoms with Gasteiger partial charge in [-0.3, -0.25) is 19.5 Å². The molecule has 3 saturated heterocycles. The lowest BCUT2D eigenvalue weighted by atomic mass is 9.47.